The van der Waals surface area contributed by atoms with Crippen molar-refractivity contribution in [1.82, 2.24) is 10.6 Å². The number of amides is 2. The number of likely N-dealkylation sites (N-methyl/N-ethyl adjacent to an activating group) is 1. The average molecular weight is 323 g/mol. The Balaban J connectivity index is 2.47. The first kappa shape index (κ1) is 18.1. The monoisotopic (exact) mass is 323 g/mol. The molecule has 0 heterocycles. The molecule has 1 aromatic rings. The van der Waals surface area contributed by atoms with E-state index in [1.807, 2.05) is 0 Å². The summed E-state index contributed by atoms with van der Waals surface area (Å²) < 4.78 is 4.78. The van der Waals surface area contributed by atoms with Crippen LogP contribution < -0.4 is 10.6 Å². The molecule has 0 aliphatic rings. The summed E-state index contributed by atoms with van der Waals surface area (Å²) in [7, 11) is 0. The quantitative estimate of drug-likeness (QED) is 0.424. The zero-order chi connectivity index (χ0) is 17.4. The standard InChI is InChI=1S/C14H17N3O6/c1-3-15-13(19)9(2)16-12(18)8-23-14(20)10-4-6-11(7-5-10)17(21)22/h4-7,9H,3,8H2,1-2H3,(H,15,19)(H,16,18)/t9-/m0/s1. The number of hydrogen-bond donors (Lipinski definition) is 2. The van der Waals surface area contributed by atoms with E-state index in [1.165, 1.54) is 19.1 Å². The molecule has 0 unspecified atom stereocenters. The molecule has 0 aliphatic heterocycles. The SMILES string of the molecule is CCNC(=O)[C@H](C)NC(=O)COC(=O)c1ccc([N+](=O)[O-])cc1. The fourth-order valence-electron chi connectivity index (χ4n) is 1.61. The number of non-ortho nitro benzene ring substituents is 1. The zero-order valence-electron chi connectivity index (χ0n) is 12.7. The summed E-state index contributed by atoms with van der Waals surface area (Å²) in [5.41, 5.74) is -0.0739. The second-order valence-corrected chi connectivity index (χ2v) is 4.56. The van der Waals surface area contributed by atoms with Gasteiger partial charge in [0.1, 0.15) is 6.04 Å². The smallest absolute Gasteiger partial charge is 0.338 e. The number of nitrogens with zero attached hydrogens (tertiary/aromatic N) is 1. The van der Waals surface area contributed by atoms with Crippen molar-refractivity contribution in [2.24, 2.45) is 0 Å². The van der Waals surface area contributed by atoms with Crippen molar-refractivity contribution in [3.63, 3.8) is 0 Å². The Morgan fingerprint density at radius 2 is 1.87 bits per heavy atom. The predicted molar refractivity (Wildman–Crippen MR) is 79.7 cm³/mol. The summed E-state index contributed by atoms with van der Waals surface area (Å²) >= 11 is 0. The van der Waals surface area contributed by atoms with E-state index in [0.29, 0.717) is 6.54 Å². The molecule has 23 heavy (non-hydrogen) atoms. The van der Waals surface area contributed by atoms with Gasteiger partial charge >= 0.3 is 5.97 Å². The number of benzene rings is 1. The molecule has 9 nitrogen and oxygen atoms in total. The number of nitrogens with one attached hydrogen (secondary N) is 2. The van der Waals surface area contributed by atoms with Gasteiger partial charge in [0, 0.05) is 18.7 Å². The van der Waals surface area contributed by atoms with E-state index in [4.69, 9.17) is 4.74 Å². The van der Waals surface area contributed by atoms with Crippen molar-refractivity contribution in [3.8, 4) is 0 Å². The fraction of sp³-hybridized carbons (Fsp3) is 0.357. The molecule has 0 saturated carbocycles. The summed E-state index contributed by atoms with van der Waals surface area (Å²) in [6.07, 6.45) is 0. The second kappa shape index (κ2) is 8.47. The number of hydrogen-bond acceptors (Lipinski definition) is 6. The summed E-state index contributed by atoms with van der Waals surface area (Å²) in [6, 6.07) is 4.04. The van der Waals surface area contributed by atoms with E-state index >= 15 is 0 Å². The van der Waals surface area contributed by atoms with E-state index in [9.17, 15) is 24.5 Å². The highest BCUT2D eigenvalue weighted by Crippen LogP contribution is 2.12. The van der Waals surface area contributed by atoms with Crippen LogP contribution >= 0.6 is 0 Å². The maximum atomic E-state index is 11.7. The Hall–Kier alpha value is -2.97. The maximum Gasteiger partial charge on any atom is 0.338 e. The molecule has 0 fully saturated rings. The van der Waals surface area contributed by atoms with Gasteiger partial charge in [-0.3, -0.25) is 19.7 Å². The van der Waals surface area contributed by atoms with E-state index in [-0.39, 0.29) is 17.2 Å². The molecule has 0 saturated heterocycles. The molecular formula is C14H17N3O6. The van der Waals surface area contributed by atoms with E-state index in [1.54, 1.807) is 6.92 Å². The molecule has 9 heteroatoms. The van der Waals surface area contributed by atoms with Gasteiger partial charge < -0.3 is 15.4 Å². The third-order valence-corrected chi connectivity index (χ3v) is 2.77. The van der Waals surface area contributed by atoms with Crippen molar-refractivity contribution >= 4 is 23.5 Å². The highest BCUT2D eigenvalue weighted by Gasteiger charge is 2.16. The maximum absolute atomic E-state index is 11.7. The lowest BCUT2D eigenvalue weighted by Crippen LogP contribution is -2.46. The Morgan fingerprint density at radius 1 is 1.26 bits per heavy atom. The van der Waals surface area contributed by atoms with Crippen LogP contribution in [-0.2, 0) is 14.3 Å². The van der Waals surface area contributed by atoms with Crippen LogP contribution in [0.15, 0.2) is 24.3 Å². The van der Waals surface area contributed by atoms with Crippen LogP contribution in [0.5, 0.6) is 0 Å². The minimum absolute atomic E-state index is 0.0835. The second-order valence-electron chi connectivity index (χ2n) is 4.56. The third kappa shape index (κ3) is 5.73. The van der Waals surface area contributed by atoms with Crippen LogP contribution in [0.25, 0.3) is 0 Å². The first-order valence-corrected chi connectivity index (χ1v) is 6.83. The molecule has 2 amide bonds. The topological polar surface area (TPSA) is 128 Å². The lowest BCUT2D eigenvalue weighted by atomic mass is 10.2. The van der Waals surface area contributed by atoms with Crippen LogP contribution in [0.2, 0.25) is 0 Å². The molecule has 1 rings (SSSR count). The van der Waals surface area contributed by atoms with Crippen molar-refractivity contribution in [1.29, 1.82) is 0 Å². The van der Waals surface area contributed by atoms with Crippen molar-refractivity contribution in [3.05, 3.63) is 39.9 Å². The lowest BCUT2D eigenvalue weighted by molar-refractivity contribution is -0.384. The van der Waals surface area contributed by atoms with Crippen molar-refractivity contribution < 1.29 is 24.0 Å². The van der Waals surface area contributed by atoms with Crippen LogP contribution in [0.3, 0.4) is 0 Å². The Kier molecular flexibility index (Phi) is 6.66. The number of rotatable bonds is 7. The number of nitro benzene ring substituents is 1. The normalized spacial score (nSPS) is 11.2. The third-order valence-electron chi connectivity index (χ3n) is 2.77. The summed E-state index contributed by atoms with van der Waals surface area (Å²) in [5.74, 6) is -1.76. The fourth-order valence-corrected chi connectivity index (χ4v) is 1.61. The number of esters is 1. The van der Waals surface area contributed by atoms with Gasteiger partial charge in [0.15, 0.2) is 6.61 Å². The molecule has 0 aliphatic carbocycles. The number of carbonyl (C=O) groups is 3. The number of carbonyl (C=O) groups excluding carboxylic acids is 3. The van der Waals surface area contributed by atoms with Crippen LogP contribution in [0, 0.1) is 10.1 Å². The largest absolute Gasteiger partial charge is 0.452 e. The van der Waals surface area contributed by atoms with Crippen LogP contribution in [0.4, 0.5) is 5.69 Å². The minimum Gasteiger partial charge on any atom is -0.452 e. The molecule has 0 bridgehead atoms. The van der Waals surface area contributed by atoms with Gasteiger partial charge in [0.2, 0.25) is 5.91 Å². The first-order chi connectivity index (χ1) is 10.8. The van der Waals surface area contributed by atoms with E-state index in [0.717, 1.165) is 12.1 Å². The Morgan fingerprint density at radius 3 is 2.39 bits per heavy atom. The Bertz CT molecular complexity index is 599. The van der Waals surface area contributed by atoms with Gasteiger partial charge in [-0.2, -0.15) is 0 Å². The average Bonchev–Trinajstić information content (AvgIpc) is 2.52. The number of ether oxygens (including phenoxy) is 1. The molecule has 0 aromatic heterocycles. The highest BCUT2D eigenvalue weighted by molar-refractivity contribution is 5.92. The molecule has 0 spiro atoms. The Labute approximate surface area is 132 Å². The molecule has 1 atom stereocenters. The van der Waals surface area contributed by atoms with Gasteiger partial charge in [0.05, 0.1) is 10.5 Å². The predicted octanol–water partition coefficient (Wildman–Crippen LogP) is 0.392. The first-order valence-electron chi connectivity index (χ1n) is 6.83. The molecule has 124 valence electrons. The van der Waals surface area contributed by atoms with Crippen molar-refractivity contribution in [2.45, 2.75) is 19.9 Å². The van der Waals surface area contributed by atoms with Gasteiger partial charge in [-0.1, -0.05) is 0 Å². The van der Waals surface area contributed by atoms with Gasteiger partial charge in [0.25, 0.3) is 11.6 Å². The summed E-state index contributed by atoms with van der Waals surface area (Å²) in [5, 5.41) is 15.4. The van der Waals surface area contributed by atoms with E-state index in [2.05, 4.69) is 10.6 Å². The minimum atomic E-state index is -0.791. The van der Waals surface area contributed by atoms with E-state index < -0.39 is 29.4 Å². The van der Waals surface area contributed by atoms with Gasteiger partial charge in [-0.05, 0) is 26.0 Å². The van der Waals surface area contributed by atoms with Gasteiger partial charge in [-0.15, -0.1) is 0 Å². The molecule has 0 radical (unpaired) electrons. The summed E-state index contributed by atoms with van der Waals surface area (Å²) in [4.78, 5) is 44.6. The molecular weight excluding hydrogens is 306 g/mol. The summed E-state index contributed by atoms with van der Waals surface area (Å²) in [6.45, 7) is 3.13. The van der Waals surface area contributed by atoms with Crippen LogP contribution in [-0.4, -0.2) is 41.9 Å². The van der Waals surface area contributed by atoms with Crippen LogP contribution in [0.1, 0.15) is 24.2 Å². The molecule has 1 aromatic carbocycles. The molecule has 2 N–H and O–H groups in total. The van der Waals surface area contributed by atoms with Gasteiger partial charge in [-0.25, -0.2) is 4.79 Å². The highest BCUT2D eigenvalue weighted by atomic mass is 16.6. The zero-order valence-corrected chi connectivity index (χ0v) is 12.7. The van der Waals surface area contributed by atoms with Crippen molar-refractivity contribution in [2.75, 3.05) is 13.2 Å². The number of nitro groups is 1. The lowest BCUT2D eigenvalue weighted by Gasteiger charge is -2.13.